The third-order valence-electron chi connectivity index (χ3n) is 3.86. The fourth-order valence-electron chi connectivity index (χ4n) is 2.78. The summed E-state index contributed by atoms with van der Waals surface area (Å²) in [7, 11) is 0. The van der Waals surface area contributed by atoms with Crippen molar-refractivity contribution >= 4 is 10.9 Å². The van der Waals surface area contributed by atoms with Crippen LogP contribution in [-0.2, 0) is 6.54 Å². The highest BCUT2D eigenvalue weighted by Gasteiger charge is 2.10. The van der Waals surface area contributed by atoms with Crippen LogP contribution in [0.2, 0.25) is 0 Å². The Kier molecular flexibility index (Phi) is 4.32. The van der Waals surface area contributed by atoms with Crippen molar-refractivity contribution in [2.45, 2.75) is 26.5 Å². The van der Waals surface area contributed by atoms with Crippen molar-refractivity contribution in [3.8, 4) is 0 Å². The lowest BCUT2D eigenvalue weighted by atomic mass is 10.1. The molecule has 3 aromatic rings. The van der Waals surface area contributed by atoms with E-state index in [1.54, 1.807) is 18.2 Å². The minimum Gasteiger partial charge on any atom is -0.467 e. The lowest BCUT2D eigenvalue weighted by Crippen LogP contribution is -2.22. The molecular formula is C18H20N2O3. The Balaban J connectivity index is 1.75. The van der Waals surface area contributed by atoms with E-state index in [1.807, 2.05) is 19.9 Å². The van der Waals surface area contributed by atoms with Crippen molar-refractivity contribution in [1.82, 2.24) is 10.3 Å². The van der Waals surface area contributed by atoms with Crippen LogP contribution in [0.15, 0.2) is 45.8 Å². The Morgan fingerprint density at radius 2 is 2.13 bits per heavy atom. The zero-order valence-corrected chi connectivity index (χ0v) is 13.2. The number of aliphatic hydroxyl groups excluding tert-OH is 1. The zero-order chi connectivity index (χ0) is 16.4. The van der Waals surface area contributed by atoms with Crippen LogP contribution in [0.4, 0.5) is 0 Å². The second-order valence-corrected chi connectivity index (χ2v) is 5.83. The van der Waals surface area contributed by atoms with Crippen LogP contribution in [0.25, 0.3) is 10.9 Å². The highest BCUT2D eigenvalue weighted by atomic mass is 16.4. The summed E-state index contributed by atoms with van der Waals surface area (Å²) >= 11 is 0. The molecule has 0 spiro atoms. The summed E-state index contributed by atoms with van der Waals surface area (Å²) < 4.78 is 5.15. The second kappa shape index (κ2) is 6.40. The molecule has 0 radical (unpaired) electrons. The number of aromatic amines is 1. The predicted molar refractivity (Wildman–Crippen MR) is 89.4 cm³/mol. The Bertz CT molecular complexity index is 866. The lowest BCUT2D eigenvalue weighted by Gasteiger charge is -2.11. The molecule has 5 heteroatoms. The Hall–Kier alpha value is -2.37. The summed E-state index contributed by atoms with van der Waals surface area (Å²) in [6.07, 6.45) is 0.825. The molecule has 5 nitrogen and oxygen atoms in total. The number of aliphatic hydroxyl groups is 1. The van der Waals surface area contributed by atoms with Gasteiger partial charge in [-0.25, -0.2) is 0 Å². The zero-order valence-electron chi connectivity index (χ0n) is 13.2. The van der Waals surface area contributed by atoms with Gasteiger partial charge in [0.1, 0.15) is 11.9 Å². The van der Waals surface area contributed by atoms with Gasteiger partial charge in [-0.3, -0.25) is 4.79 Å². The predicted octanol–water partition coefficient (Wildman–Crippen LogP) is 2.56. The third kappa shape index (κ3) is 3.36. The van der Waals surface area contributed by atoms with Gasteiger partial charge in [-0.05, 0) is 43.2 Å². The molecule has 0 bridgehead atoms. The molecule has 3 rings (SSSR count). The molecule has 0 aliphatic heterocycles. The number of pyridine rings is 1. The fourth-order valence-corrected chi connectivity index (χ4v) is 2.78. The van der Waals surface area contributed by atoms with Crippen LogP contribution in [0.1, 0.15) is 28.7 Å². The molecule has 2 heterocycles. The van der Waals surface area contributed by atoms with Gasteiger partial charge >= 0.3 is 0 Å². The van der Waals surface area contributed by atoms with Crippen LogP contribution < -0.4 is 10.7 Å². The van der Waals surface area contributed by atoms with E-state index in [-0.39, 0.29) is 5.43 Å². The summed E-state index contributed by atoms with van der Waals surface area (Å²) in [6.45, 7) is 4.79. The van der Waals surface area contributed by atoms with E-state index in [9.17, 15) is 9.90 Å². The van der Waals surface area contributed by atoms with Gasteiger partial charge in [-0.1, -0.05) is 6.07 Å². The van der Waals surface area contributed by atoms with E-state index in [1.165, 1.54) is 6.26 Å². The number of rotatable bonds is 5. The number of hydrogen-bond acceptors (Lipinski definition) is 4. The highest BCUT2D eigenvalue weighted by molar-refractivity contribution is 5.82. The molecule has 23 heavy (non-hydrogen) atoms. The molecule has 1 aromatic carbocycles. The van der Waals surface area contributed by atoms with Crippen molar-refractivity contribution < 1.29 is 9.52 Å². The van der Waals surface area contributed by atoms with Gasteiger partial charge in [0, 0.05) is 30.2 Å². The smallest absolute Gasteiger partial charge is 0.189 e. The third-order valence-corrected chi connectivity index (χ3v) is 3.86. The molecule has 120 valence electrons. The molecule has 0 saturated heterocycles. The number of aryl methyl sites for hydroxylation is 2. The van der Waals surface area contributed by atoms with Crippen molar-refractivity contribution in [3.63, 3.8) is 0 Å². The van der Waals surface area contributed by atoms with Gasteiger partial charge in [-0.15, -0.1) is 0 Å². The number of H-pyrrole nitrogens is 1. The van der Waals surface area contributed by atoms with Crippen LogP contribution >= 0.6 is 0 Å². The summed E-state index contributed by atoms with van der Waals surface area (Å²) in [5, 5.41) is 13.8. The largest absolute Gasteiger partial charge is 0.467 e. The number of fused-ring (bicyclic) bond motifs is 1. The molecule has 0 unspecified atom stereocenters. The normalized spacial score (nSPS) is 12.7. The minimum atomic E-state index is -0.707. The van der Waals surface area contributed by atoms with E-state index >= 15 is 0 Å². The molecular weight excluding hydrogens is 292 g/mol. The van der Waals surface area contributed by atoms with E-state index in [2.05, 4.69) is 16.4 Å². The summed E-state index contributed by atoms with van der Waals surface area (Å²) in [5.41, 5.74) is 3.80. The summed E-state index contributed by atoms with van der Waals surface area (Å²) in [5.74, 6) is 0.524. The Morgan fingerprint density at radius 3 is 2.87 bits per heavy atom. The van der Waals surface area contributed by atoms with Crippen LogP contribution in [-0.4, -0.2) is 16.6 Å². The number of hydrogen-bond donors (Lipinski definition) is 3. The molecule has 1 atom stereocenters. The first-order chi connectivity index (χ1) is 11.0. The van der Waals surface area contributed by atoms with E-state index in [0.717, 1.165) is 22.3 Å². The van der Waals surface area contributed by atoms with Gasteiger partial charge in [0.25, 0.3) is 0 Å². The van der Waals surface area contributed by atoms with Crippen molar-refractivity contribution in [2.75, 3.05) is 6.54 Å². The molecule has 0 aliphatic carbocycles. The van der Waals surface area contributed by atoms with Gasteiger partial charge in [0.2, 0.25) is 0 Å². The second-order valence-electron chi connectivity index (χ2n) is 5.83. The number of furan rings is 1. The highest BCUT2D eigenvalue weighted by Crippen LogP contribution is 2.16. The first-order valence-corrected chi connectivity index (χ1v) is 7.60. The monoisotopic (exact) mass is 312 g/mol. The van der Waals surface area contributed by atoms with Gasteiger partial charge in [-0.2, -0.15) is 0 Å². The average Bonchev–Trinajstić information content (AvgIpc) is 3.03. The van der Waals surface area contributed by atoms with E-state index in [0.29, 0.717) is 24.2 Å². The Labute approximate surface area is 134 Å². The lowest BCUT2D eigenvalue weighted by molar-refractivity contribution is 0.147. The SMILES string of the molecule is Cc1cc(C)c2[nH]c(CNC[C@H](O)c3ccco3)cc(=O)c2c1. The standard InChI is InChI=1S/C18H20N2O3/c1-11-6-12(2)18-14(7-11)15(21)8-13(20-18)9-19-10-16(22)17-4-3-5-23-17/h3-8,16,19,22H,9-10H2,1-2H3,(H,20,21)/t16-/m0/s1. The maximum atomic E-state index is 12.3. The summed E-state index contributed by atoms with van der Waals surface area (Å²) in [6, 6.07) is 9.03. The molecule has 0 saturated carbocycles. The van der Waals surface area contributed by atoms with Crippen LogP contribution in [0.5, 0.6) is 0 Å². The molecule has 2 aromatic heterocycles. The van der Waals surface area contributed by atoms with Crippen LogP contribution in [0, 0.1) is 13.8 Å². The molecule has 3 N–H and O–H groups in total. The van der Waals surface area contributed by atoms with Gasteiger partial charge in [0.05, 0.1) is 11.8 Å². The quantitative estimate of drug-likeness (QED) is 0.676. The number of benzene rings is 1. The number of nitrogens with one attached hydrogen (secondary N) is 2. The molecule has 0 amide bonds. The first-order valence-electron chi connectivity index (χ1n) is 7.60. The van der Waals surface area contributed by atoms with Crippen molar-refractivity contribution in [1.29, 1.82) is 0 Å². The van der Waals surface area contributed by atoms with E-state index < -0.39 is 6.10 Å². The first kappa shape index (κ1) is 15.5. The maximum absolute atomic E-state index is 12.3. The maximum Gasteiger partial charge on any atom is 0.189 e. The van der Waals surface area contributed by atoms with Gasteiger partial charge in [0.15, 0.2) is 5.43 Å². The molecule has 0 aliphatic rings. The fraction of sp³-hybridized carbons (Fsp3) is 0.278. The van der Waals surface area contributed by atoms with Gasteiger partial charge < -0.3 is 19.8 Å². The average molecular weight is 312 g/mol. The minimum absolute atomic E-state index is 0.00827. The van der Waals surface area contributed by atoms with Crippen molar-refractivity contribution in [3.05, 3.63) is 69.4 Å². The van der Waals surface area contributed by atoms with E-state index in [4.69, 9.17) is 4.42 Å². The topological polar surface area (TPSA) is 78.3 Å². The Morgan fingerprint density at radius 1 is 1.30 bits per heavy atom. The summed E-state index contributed by atoms with van der Waals surface area (Å²) in [4.78, 5) is 15.6. The molecule has 0 fully saturated rings. The van der Waals surface area contributed by atoms with Crippen LogP contribution in [0.3, 0.4) is 0 Å². The number of aromatic nitrogens is 1. The van der Waals surface area contributed by atoms with Crippen molar-refractivity contribution in [2.24, 2.45) is 0 Å².